The summed E-state index contributed by atoms with van der Waals surface area (Å²) in [5, 5.41) is 15.9. The third-order valence-electron chi connectivity index (χ3n) is 5.47. The van der Waals surface area contributed by atoms with Gasteiger partial charge in [0.1, 0.15) is 10.7 Å². The number of imide groups is 1. The molecule has 3 amide bonds. The molecule has 0 unspecified atom stereocenters. The molecule has 38 heavy (non-hydrogen) atoms. The van der Waals surface area contributed by atoms with Crippen molar-refractivity contribution in [3.63, 3.8) is 0 Å². The van der Waals surface area contributed by atoms with Crippen LogP contribution in [0.25, 0.3) is 0 Å². The molecule has 194 valence electrons. The van der Waals surface area contributed by atoms with Crippen LogP contribution in [0.4, 0.5) is 30.2 Å². The van der Waals surface area contributed by atoms with Crippen molar-refractivity contribution in [2.45, 2.75) is 12.6 Å². The number of aromatic carboxylic acids is 1. The molecule has 1 heterocycles. The maximum Gasteiger partial charge on any atom is 0.416 e. The zero-order chi connectivity index (χ0) is 27.6. The van der Waals surface area contributed by atoms with Gasteiger partial charge >= 0.3 is 6.18 Å². The molecule has 0 spiro atoms. The van der Waals surface area contributed by atoms with E-state index >= 15 is 0 Å². The summed E-state index contributed by atoms with van der Waals surface area (Å²) in [6.07, 6.45) is -4.78. The van der Waals surface area contributed by atoms with Gasteiger partial charge in [0.25, 0.3) is 11.8 Å². The van der Waals surface area contributed by atoms with Crippen LogP contribution in [0.1, 0.15) is 21.5 Å². The standard InChI is InChI=1S/C26H17ClF3N3O5/c27-21-22(24(36)33(23(21)35)17-5-3-4-15(13-17)26(28,29)30)31-16-10-8-14(9-11-16)12-20(34)32-19-7-2-1-6-18(19)25(37)38/h1-11,13,31H,12H2,(H,32,34)(H,37,38)/p-1. The first-order valence-corrected chi connectivity index (χ1v) is 11.3. The summed E-state index contributed by atoms with van der Waals surface area (Å²) in [6.45, 7) is 0. The molecule has 0 aliphatic carbocycles. The van der Waals surface area contributed by atoms with Gasteiger partial charge in [0, 0.05) is 16.9 Å². The second-order valence-electron chi connectivity index (χ2n) is 8.06. The zero-order valence-electron chi connectivity index (χ0n) is 19.1. The van der Waals surface area contributed by atoms with Crippen molar-refractivity contribution in [2.24, 2.45) is 0 Å². The van der Waals surface area contributed by atoms with E-state index in [1.165, 1.54) is 36.4 Å². The lowest BCUT2D eigenvalue weighted by Gasteiger charge is -2.17. The summed E-state index contributed by atoms with van der Waals surface area (Å²) in [7, 11) is 0. The van der Waals surface area contributed by atoms with Gasteiger partial charge in [-0.15, -0.1) is 0 Å². The minimum Gasteiger partial charge on any atom is -0.545 e. The van der Waals surface area contributed by atoms with Crippen molar-refractivity contribution in [1.29, 1.82) is 0 Å². The van der Waals surface area contributed by atoms with E-state index in [-0.39, 0.29) is 29.1 Å². The Balaban J connectivity index is 1.44. The van der Waals surface area contributed by atoms with Crippen LogP contribution in [0.3, 0.4) is 0 Å². The highest BCUT2D eigenvalue weighted by Gasteiger charge is 2.40. The number of nitrogens with zero attached hydrogens (tertiary/aromatic N) is 1. The van der Waals surface area contributed by atoms with E-state index in [2.05, 4.69) is 10.6 Å². The molecule has 0 saturated carbocycles. The number of halogens is 4. The maximum absolute atomic E-state index is 13.1. The van der Waals surface area contributed by atoms with Gasteiger partial charge in [0.2, 0.25) is 5.91 Å². The monoisotopic (exact) mass is 542 g/mol. The number of hydrogen-bond donors (Lipinski definition) is 2. The first-order valence-electron chi connectivity index (χ1n) is 10.9. The number of carboxylic acids is 1. The minimum absolute atomic E-state index is 0.0899. The average molecular weight is 543 g/mol. The molecule has 0 atom stereocenters. The third-order valence-corrected chi connectivity index (χ3v) is 5.82. The summed E-state index contributed by atoms with van der Waals surface area (Å²) in [5.74, 6) is -3.84. The minimum atomic E-state index is -4.67. The number of carbonyl (C=O) groups excluding carboxylic acids is 4. The molecule has 12 heteroatoms. The van der Waals surface area contributed by atoms with Crippen LogP contribution in [-0.2, 0) is 27.0 Å². The van der Waals surface area contributed by atoms with Crippen molar-refractivity contribution in [3.05, 3.63) is 100 Å². The Morgan fingerprint density at radius 3 is 2.26 bits per heavy atom. The Bertz CT molecular complexity index is 1490. The molecule has 1 aliphatic rings. The smallest absolute Gasteiger partial charge is 0.416 e. The van der Waals surface area contributed by atoms with Crippen molar-refractivity contribution in [3.8, 4) is 0 Å². The van der Waals surface area contributed by atoms with Crippen molar-refractivity contribution < 1.29 is 37.5 Å². The fourth-order valence-electron chi connectivity index (χ4n) is 3.67. The largest absolute Gasteiger partial charge is 0.545 e. The second kappa shape index (κ2) is 10.4. The van der Waals surface area contributed by atoms with Crippen LogP contribution in [-0.4, -0.2) is 23.7 Å². The van der Waals surface area contributed by atoms with Gasteiger partial charge in [-0.3, -0.25) is 14.4 Å². The topological polar surface area (TPSA) is 119 Å². The van der Waals surface area contributed by atoms with Gasteiger partial charge in [-0.2, -0.15) is 13.2 Å². The highest BCUT2D eigenvalue weighted by atomic mass is 35.5. The van der Waals surface area contributed by atoms with E-state index in [1.807, 2.05) is 0 Å². The quantitative estimate of drug-likeness (QED) is 0.440. The molecule has 2 N–H and O–H groups in total. The number of anilines is 3. The number of nitrogens with one attached hydrogen (secondary N) is 2. The number of carboxylic acid groups (broad SMARTS) is 1. The fourth-order valence-corrected chi connectivity index (χ4v) is 3.88. The number of benzene rings is 3. The number of alkyl halides is 3. The number of para-hydroxylation sites is 1. The van der Waals surface area contributed by atoms with Gasteiger partial charge in [-0.1, -0.05) is 48.0 Å². The van der Waals surface area contributed by atoms with E-state index in [0.717, 1.165) is 12.1 Å². The van der Waals surface area contributed by atoms with Crippen molar-refractivity contribution in [1.82, 2.24) is 0 Å². The van der Waals surface area contributed by atoms with Crippen LogP contribution in [0.15, 0.2) is 83.5 Å². The second-order valence-corrected chi connectivity index (χ2v) is 8.44. The number of amides is 3. The summed E-state index contributed by atoms with van der Waals surface area (Å²) < 4.78 is 39.2. The fraction of sp³-hybridized carbons (Fsp3) is 0.0769. The Kier molecular flexibility index (Phi) is 7.22. The highest BCUT2D eigenvalue weighted by molar-refractivity contribution is 6.53. The van der Waals surface area contributed by atoms with Crippen LogP contribution in [0.2, 0.25) is 0 Å². The summed E-state index contributed by atoms with van der Waals surface area (Å²) in [6, 6.07) is 15.6. The lowest BCUT2D eigenvalue weighted by Crippen LogP contribution is -2.32. The Morgan fingerprint density at radius 2 is 1.61 bits per heavy atom. The van der Waals surface area contributed by atoms with E-state index in [1.54, 1.807) is 18.2 Å². The lowest BCUT2D eigenvalue weighted by molar-refractivity contribution is -0.254. The Labute approximate surface area is 218 Å². The molecule has 3 aromatic carbocycles. The number of carbonyl (C=O) groups is 4. The maximum atomic E-state index is 13.1. The molecular formula is C26H16ClF3N3O5-. The molecule has 0 saturated heterocycles. The summed E-state index contributed by atoms with van der Waals surface area (Å²) >= 11 is 6.04. The van der Waals surface area contributed by atoms with Crippen LogP contribution < -0.4 is 20.6 Å². The summed E-state index contributed by atoms with van der Waals surface area (Å²) in [4.78, 5) is 49.6. The van der Waals surface area contributed by atoms with Crippen LogP contribution in [0.5, 0.6) is 0 Å². The van der Waals surface area contributed by atoms with E-state index in [4.69, 9.17) is 11.6 Å². The van der Waals surface area contributed by atoms with Gasteiger partial charge in [-0.25, -0.2) is 4.90 Å². The average Bonchev–Trinajstić information content (AvgIpc) is 3.07. The molecule has 0 aromatic heterocycles. The highest BCUT2D eigenvalue weighted by Crippen LogP contribution is 2.35. The van der Waals surface area contributed by atoms with Crippen molar-refractivity contribution >= 4 is 52.4 Å². The normalized spacial score (nSPS) is 13.6. The predicted octanol–water partition coefficient (Wildman–Crippen LogP) is 3.69. The third kappa shape index (κ3) is 5.52. The van der Waals surface area contributed by atoms with E-state index in [0.29, 0.717) is 22.2 Å². The molecule has 0 fully saturated rings. The van der Waals surface area contributed by atoms with Gasteiger partial charge in [0.05, 0.1) is 23.6 Å². The first-order chi connectivity index (χ1) is 18.0. The molecule has 3 aromatic rings. The van der Waals surface area contributed by atoms with Gasteiger partial charge in [-0.05, 0) is 42.0 Å². The number of hydrogen-bond acceptors (Lipinski definition) is 6. The summed E-state index contributed by atoms with van der Waals surface area (Å²) in [5.41, 5.74) is -0.858. The van der Waals surface area contributed by atoms with Gasteiger partial charge in [0.15, 0.2) is 0 Å². The molecule has 8 nitrogen and oxygen atoms in total. The van der Waals surface area contributed by atoms with Gasteiger partial charge < -0.3 is 20.5 Å². The van der Waals surface area contributed by atoms with Crippen LogP contribution >= 0.6 is 11.6 Å². The van der Waals surface area contributed by atoms with Crippen LogP contribution in [0, 0.1) is 0 Å². The first kappa shape index (κ1) is 26.4. The predicted molar refractivity (Wildman–Crippen MR) is 130 cm³/mol. The van der Waals surface area contributed by atoms with E-state index in [9.17, 15) is 37.5 Å². The Hall–Kier alpha value is -4.64. The molecule has 0 radical (unpaired) electrons. The van der Waals surface area contributed by atoms with E-state index < -0.39 is 40.5 Å². The molecule has 1 aliphatic heterocycles. The van der Waals surface area contributed by atoms with Crippen molar-refractivity contribution in [2.75, 3.05) is 15.5 Å². The lowest BCUT2D eigenvalue weighted by atomic mass is 10.1. The SMILES string of the molecule is O=C(Cc1ccc(NC2=C(Cl)C(=O)N(c3cccc(C(F)(F)F)c3)C2=O)cc1)Nc1ccccc1C(=O)[O-]. The molecular weight excluding hydrogens is 527 g/mol. The molecule has 4 rings (SSSR count). The number of rotatable bonds is 7. The Morgan fingerprint density at radius 1 is 0.921 bits per heavy atom. The molecule has 0 bridgehead atoms. The zero-order valence-corrected chi connectivity index (χ0v) is 19.9.